The predicted molar refractivity (Wildman–Crippen MR) is 97.4 cm³/mol. The van der Waals surface area contributed by atoms with Gasteiger partial charge in [-0.05, 0) is 28.8 Å². The molecule has 2 aromatic carbocycles. The summed E-state index contributed by atoms with van der Waals surface area (Å²) in [6.07, 6.45) is 1.40. The number of carbonyl (C=O) groups is 1. The van der Waals surface area contributed by atoms with Gasteiger partial charge in [0.2, 0.25) is 5.91 Å². The van der Waals surface area contributed by atoms with Crippen LogP contribution in [0.2, 0.25) is 0 Å². The Balaban J connectivity index is 1.52. The first kappa shape index (κ1) is 16.8. The van der Waals surface area contributed by atoms with Crippen LogP contribution in [0.15, 0.2) is 48.8 Å². The van der Waals surface area contributed by atoms with E-state index < -0.39 is 0 Å². The lowest BCUT2D eigenvalue weighted by Gasteiger charge is -2.14. The number of amides is 1. The van der Waals surface area contributed by atoms with Gasteiger partial charge in [-0.15, -0.1) is 5.10 Å². The van der Waals surface area contributed by atoms with Crippen molar-refractivity contribution in [1.29, 1.82) is 5.26 Å². The Labute approximate surface area is 156 Å². The highest BCUT2D eigenvalue weighted by molar-refractivity contribution is 5.77. The number of rotatable bonds is 4. The van der Waals surface area contributed by atoms with E-state index in [1.54, 1.807) is 12.0 Å². The molecule has 0 spiro atoms. The Morgan fingerprint density at radius 3 is 2.81 bits per heavy atom. The summed E-state index contributed by atoms with van der Waals surface area (Å²) in [6.45, 7) is 1.19. The highest BCUT2D eigenvalue weighted by atomic mass is 16.5. The van der Waals surface area contributed by atoms with Crippen LogP contribution in [0.5, 0.6) is 5.75 Å². The van der Waals surface area contributed by atoms with Gasteiger partial charge in [0, 0.05) is 18.7 Å². The zero-order valence-corrected chi connectivity index (χ0v) is 14.8. The smallest absolute Gasteiger partial charge is 0.252 e. The number of carbonyl (C=O) groups excluding carboxylic acids is 1. The van der Waals surface area contributed by atoms with E-state index in [9.17, 15) is 4.79 Å². The van der Waals surface area contributed by atoms with Gasteiger partial charge in [0.15, 0.2) is 0 Å². The van der Waals surface area contributed by atoms with Crippen LogP contribution in [-0.2, 0) is 24.4 Å². The number of fused-ring (bicyclic) bond motifs is 1. The summed E-state index contributed by atoms with van der Waals surface area (Å²) in [5.74, 6) is 0.830. The number of benzene rings is 2. The van der Waals surface area contributed by atoms with Crippen molar-refractivity contribution < 1.29 is 9.53 Å². The Morgan fingerprint density at radius 1 is 1.22 bits per heavy atom. The zero-order valence-electron chi connectivity index (χ0n) is 14.8. The zero-order chi connectivity index (χ0) is 18.8. The number of ether oxygens (including phenoxy) is 1. The largest absolute Gasteiger partial charge is 0.496 e. The van der Waals surface area contributed by atoms with Crippen molar-refractivity contribution >= 4 is 5.91 Å². The lowest BCUT2D eigenvalue weighted by atomic mass is 10.00. The average Bonchev–Trinajstić information content (AvgIpc) is 3.33. The molecule has 7 nitrogen and oxygen atoms in total. The Kier molecular flexibility index (Phi) is 4.30. The summed E-state index contributed by atoms with van der Waals surface area (Å²) in [4.78, 5) is 18.2. The molecule has 0 atom stereocenters. The lowest BCUT2D eigenvalue weighted by Crippen LogP contribution is -2.29. The third-order valence-electron chi connectivity index (χ3n) is 4.63. The molecule has 0 fully saturated rings. The molecule has 7 heteroatoms. The monoisotopic (exact) mass is 359 g/mol. The molecule has 0 saturated carbocycles. The molecule has 0 bridgehead atoms. The Hall–Kier alpha value is -3.66. The number of hydrogen-bond donors (Lipinski definition) is 0. The minimum atomic E-state index is -0.0561. The van der Waals surface area contributed by atoms with Gasteiger partial charge in [-0.25, -0.2) is 9.67 Å². The van der Waals surface area contributed by atoms with E-state index in [0.29, 0.717) is 13.1 Å². The molecular formula is C20H17N5O2. The summed E-state index contributed by atoms with van der Waals surface area (Å²) in [5.41, 5.74) is 4.36. The topological polar surface area (TPSA) is 84.0 Å². The fourth-order valence-electron chi connectivity index (χ4n) is 3.28. The molecule has 0 saturated heterocycles. The van der Waals surface area contributed by atoms with Crippen LogP contribution >= 0.6 is 0 Å². The van der Waals surface area contributed by atoms with E-state index in [1.165, 1.54) is 11.0 Å². The van der Waals surface area contributed by atoms with Crippen molar-refractivity contribution in [3.05, 3.63) is 65.7 Å². The molecule has 27 heavy (non-hydrogen) atoms. The van der Waals surface area contributed by atoms with E-state index in [4.69, 9.17) is 10.00 Å². The van der Waals surface area contributed by atoms with E-state index in [0.717, 1.165) is 28.0 Å². The molecule has 0 unspecified atom stereocenters. The maximum Gasteiger partial charge on any atom is 0.252 e. The number of para-hydroxylation sites is 1. The molecular weight excluding hydrogens is 342 g/mol. The first-order valence-corrected chi connectivity index (χ1v) is 8.50. The molecule has 0 radical (unpaired) electrons. The summed E-state index contributed by atoms with van der Waals surface area (Å²) in [6, 6.07) is 16.0. The van der Waals surface area contributed by atoms with Gasteiger partial charge in [0.25, 0.3) is 5.82 Å². The van der Waals surface area contributed by atoms with Crippen LogP contribution in [0.1, 0.15) is 17.0 Å². The van der Waals surface area contributed by atoms with Crippen molar-refractivity contribution in [3.8, 4) is 22.9 Å². The molecule has 1 aromatic heterocycles. The Morgan fingerprint density at radius 2 is 2.04 bits per heavy atom. The highest BCUT2D eigenvalue weighted by Crippen LogP contribution is 2.33. The molecule has 0 N–H and O–H groups in total. The van der Waals surface area contributed by atoms with Crippen molar-refractivity contribution in [2.45, 2.75) is 19.6 Å². The van der Waals surface area contributed by atoms with E-state index >= 15 is 0 Å². The van der Waals surface area contributed by atoms with Crippen LogP contribution in [0.3, 0.4) is 0 Å². The quantitative estimate of drug-likeness (QED) is 0.714. The summed E-state index contributed by atoms with van der Waals surface area (Å²) in [5, 5.41) is 12.7. The summed E-state index contributed by atoms with van der Waals surface area (Å²) >= 11 is 0. The first-order chi connectivity index (χ1) is 13.2. The lowest BCUT2D eigenvalue weighted by molar-refractivity contribution is -0.132. The minimum Gasteiger partial charge on any atom is -0.496 e. The van der Waals surface area contributed by atoms with Crippen molar-refractivity contribution in [1.82, 2.24) is 19.7 Å². The Bertz CT molecular complexity index is 1050. The van der Waals surface area contributed by atoms with Crippen LogP contribution in [-0.4, -0.2) is 32.7 Å². The van der Waals surface area contributed by atoms with Crippen LogP contribution < -0.4 is 4.74 Å². The van der Waals surface area contributed by atoms with Crippen LogP contribution in [0.4, 0.5) is 0 Å². The standard InChI is InChI=1S/C20H17N5O2/c1-27-18-5-3-2-4-17(18)14-6-7-15-10-24(11-16(15)8-14)20(26)12-25-13-22-19(9-21)23-25/h2-8,13H,10-12H2,1H3. The van der Waals surface area contributed by atoms with Crippen LogP contribution in [0, 0.1) is 11.3 Å². The van der Waals surface area contributed by atoms with Crippen molar-refractivity contribution in [2.24, 2.45) is 0 Å². The second-order valence-electron chi connectivity index (χ2n) is 6.31. The number of methoxy groups -OCH3 is 1. The van der Waals surface area contributed by atoms with Crippen molar-refractivity contribution in [2.75, 3.05) is 7.11 Å². The van der Waals surface area contributed by atoms with Gasteiger partial charge in [-0.1, -0.05) is 30.3 Å². The third-order valence-corrected chi connectivity index (χ3v) is 4.63. The predicted octanol–water partition coefficient (Wildman–Crippen LogP) is 2.37. The van der Waals surface area contributed by atoms with Gasteiger partial charge < -0.3 is 9.64 Å². The SMILES string of the molecule is COc1ccccc1-c1ccc2c(c1)CN(C(=O)Cn1cnc(C#N)n1)C2. The average molecular weight is 359 g/mol. The third kappa shape index (κ3) is 3.25. The number of nitrogens with zero attached hydrogens (tertiary/aromatic N) is 5. The maximum absolute atomic E-state index is 12.6. The summed E-state index contributed by atoms with van der Waals surface area (Å²) in [7, 11) is 1.66. The van der Waals surface area contributed by atoms with Gasteiger partial charge >= 0.3 is 0 Å². The van der Waals surface area contributed by atoms with Gasteiger partial charge in [0.05, 0.1) is 7.11 Å². The summed E-state index contributed by atoms with van der Waals surface area (Å²) < 4.78 is 6.85. The van der Waals surface area contributed by atoms with E-state index in [-0.39, 0.29) is 18.3 Å². The molecule has 2 heterocycles. The van der Waals surface area contributed by atoms with Gasteiger partial charge in [0.1, 0.15) is 24.7 Å². The molecule has 1 amide bonds. The number of nitriles is 1. The van der Waals surface area contributed by atoms with Crippen molar-refractivity contribution in [3.63, 3.8) is 0 Å². The van der Waals surface area contributed by atoms with Gasteiger partial charge in [-0.3, -0.25) is 4.79 Å². The highest BCUT2D eigenvalue weighted by Gasteiger charge is 2.24. The normalized spacial score (nSPS) is 12.5. The van der Waals surface area contributed by atoms with E-state index in [2.05, 4.69) is 28.3 Å². The van der Waals surface area contributed by atoms with Gasteiger partial charge in [-0.2, -0.15) is 5.26 Å². The minimum absolute atomic E-state index is 0.0561. The fraction of sp³-hybridized carbons (Fsp3) is 0.200. The second-order valence-corrected chi connectivity index (χ2v) is 6.31. The number of hydrogen-bond acceptors (Lipinski definition) is 5. The molecule has 4 rings (SSSR count). The number of aromatic nitrogens is 3. The van der Waals surface area contributed by atoms with Crippen LogP contribution in [0.25, 0.3) is 11.1 Å². The first-order valence-electron chi connectivity index (χ1n) is 8.50. The van der Waals surface area contributed by atoms with E-state index in [1.807, 2.05) is 30.3 Å². The molecule has 134 valence electrons. The molecule has 3 aromatic rings. The molecule has 1 aliphatic heterocycles. The maximum atomic E-state index is 12.6. The second kappa shape index (κ2) is 6.92. The molecule has 0 aliphatic carbocycles. The fourth-order valence-corrected chi connectivity index (χ4v) is 3.28. The molecule has 1 aliphatic rings.